The van der Waals surface area contributed by atoms with Crippen LogP contribution in [0.25, 0.3) is 11.0 Å². The van der Waals surface area contributed by atoms with Gasteiger partial charge in [-0.05, 0) is 24.3 Å². The highest BCUT2D eigenvalue weighted by molar-refractivity contribution is 5.88. The molecule has 94 valence electrons. The van der Waals surface area contributed by atoms with E-state index in [0.717, 1.165) is 31.2 Å². The fraction of sp³-hybridized carbons (Fsp3) is 0.357. The van der Waals surface area contributed by atoms with Gasteiger partial charge in [0, 0.05) is 18.2 Å². The SMILES string of the molecule is O=c1cc(C2CCCC2)c2c(O)cc(O)cc2o1. The summed E-state index contributed by atoms with van der Waals surface area (Å²) in [5.74, 6) is 0.161. The molecule has 0 saturated heterocycles. The molecule has 1 aromatic heterocycles. The van der Waals surface area contributed by atoms with Crippen LogP contribution < -0.4 is 5.63 Å². The van der Waals surface area contributed by atoms with Gasteiger partial charge >= 0.3 is 5.63 Å². The quantitative estimate of drug-likeness (QED) is 0.759. The van der Waals surface area contributed by atoms with Gasteiger partial charge in [0.25, 0.3) is 0 Å². The molecule has 0 bridgehead atoms. The first kappa shape index (κ1) is 11.1. The van der Waals surface area contributed by atoms with E-state index in [9.17, 15) is 15.0 Å². The molecule has 1 fully saturated rings. The van der Waals surface area contributed by atoms with Gasteiger partial charge in [0.15, 0.2) is 0 Å². The highest BCUT2D eigenvalue weighted by Crippen LogP contribution is 2.40. The summed E-state index contributed by atoms with van der Waals surface area (Å²) >= 11 is 0. The predicted molar refractivity (Wildman–Crippen MR) is 67.0 cm³/mol. The third-order valence-corrected chi connectivity index (χ3v) is 3.63. The van der Waals surface area contributed by atoms with Crippen molar-refractivity contribution in [3.8, 4) is 11.5 Å². The summed E-state index contributed by atoms with van der Waals surface area (Å²) in [7, 11) is 0. The first-order valence-corrected chi connectivity index (χ1v) is 6.15. The molecule has 0 amide bonds. The number of phenolic OH excluding ortho intramolecular Hbond substituents is 2. The lowest BCUT2D eigenvalue weighted by Crippen LogP contribution is -2.03. The third kappa shape index (κ3) is 1.74. The maximum atomic E-state index is 11.6. The van der Waals surface area contributed by atoms with Gasteiger partial charge in [-0.25, -0.2) is 4.79 Å². The molecule has 18 heavy (non-hydrogen) atoms. The van der Waals surface area contributed by atoms with Crippen molar-refractivity contribution >= 4 is 11.0 Å². The fourth-order valence-corrected chi connectivity index (χ4v) is 2.85. The second-order valence-corrected chi connectivity index (χ2v) is 4.84. The Morgan fingerprint density at radius 1 is 1.11 bits per heavy atom. The van der Waals surface area contributed by atoms with E-state index in [1.54, 1.807) is 0 Å². The predicted octanol–water partition coefficient (Wildman–Crippen LogP) is 2.86. The lowest BCUT2D eigenvalue weighted by atomic mass is 9.94. The number of fused-ring (bicyclic) bond motifs is 1. The smallest absolute Gasteiger partial charge is 0.336 e. The maximum absolute atomic E-state index is 11.6. The molecular formula is C14H14O4. The molecule has 0 radical (unpaired) electrons. The van der Waals surface area contributed by atoms with Gasteiger partial charge in [-0.15, -0.1) is 0 Å². The van der Waals surface area contributed by atoms with E-state index in [-0.39, 0.29) is 17.1 Å². The highest BCUT2D eigenvalue weighted by Gasteiger charge is 2.22. The van der Waals surface area contributed by atoms with Crippen LogP contribution in [0.3, 0.4) is 0 Å². The van der Waals surface area contributed by atoms with E-state index in [1.807, 2.05) is 0 Å². The number of hydrogen-bond donors (Lipinski definition) is 2. The van der Waals surface area contributed by atoms with Crippen molar-refractivity contribution in [2.75, 3.05) is 0 Å². The number of benzene rings is 1. The Labute approximate surface area is 103 Å². The average molecular weight is 246 g/mol. The molecular weight excluding hydrogens is 232 g/mol. The molecule has 1 aliphatic carbocycles. The Hall–Kier alpha value is -1.97. The normalized spacial score (nSPS) is 16.4. The minimum atomic E-state index is -0.436. The summed E-state index contributed by atoms with van der Waals surface area (Å²) in [6.45, 7) is 0. The molecule has 2 aromatic rings. The molecule has 0 spiro atoms. The van der Waals surface area contributed by atoms with Crippen LogP contribution in [-0.4, -0.2) is 10.2 Å². The van der Waals surface area contributed by atoms with Crippen LogP contribution >= 0.6 is 0 Å². The van der Waals surface area contributed by atoms with E-state index in [2.05, 4.69) is 0 Å². The molecule has 0 unspecified atom stereocenters. The van der Waals surface area contributed by atoms with Crippen LogP contribution in [0.5, 0.6) is 11.5 Å². The number of aromatic hydroxyl groups is 2. The van der Waals surface area contributed by atoms with Gasteiger partial charge < -0.3 is 14.6 Å². The van der Waals surface area contributed by atoms with Crippen molar-refractivity contribution < 1.29 is 14.6 Å². The highest BCUT2D eigenvalue weighted by atomic mass is 16.4. The Balaban J connectivity index is 2.32. The zero-order valence-corrected chi connectivity index (χ0v) is 9.85. The molecule has 1 aliphatic rings. The molecule has 0 aliphatic heterocycles. The second kappa shape index (κ2) is 4.05. The lowest BCUT2D eigenvalue weighted by molar-refractivity contribution is 0.450. The summed E-state index contributed by atoms with van der Waals surface area (Å²) in [6, 6.07) is 4.12. The van der Waals surface area contributed by atoms with E-state index in [1.165, 1.54) is 18.2 Å². The van der Waals surface area contributed by atoms with Crippen LogP contribution in [0.15, 0.2) is 27.4 Å². The van der Waals surface area contributed by atoms with Crippen LogP contribution in [-0.2, 0) is 0 Å². The Morgan fingerprint density at radius 3 is 2.56 bits per heavy atom. The van der Waals surface area contributed by atoms with Crippen molar-refractivity contribution in [2.24, 2.45) is 0 Å². The van der Waals surface area contributed by atoms with Crippen molar-refractivity contribution in [3.05, 3.63) is 34.2 Å². The average Bonchev–Trinajstić information content (AvgIpc) is 2.79. The molecule has 2 N–H and O–H groups in total. The lowest BCUT2D eigenvalue weighted by Gasteiger charge is -2.13. The molecule has 1 heterocycles. The fourth-order valence-electron chi connectivity index (χ4n) is 2.85. The summed E-state index contributed by atoms with van der Waals surface area (Å²) in [6.07, 6.45) is 4.34. The zero-order chi connectivity index (χ0) is 12.7. The first-order chi connectivity index (χ1) is 8.65. The van der Waals surface area contributed by atoms with Crippen LogP contribution in [0, 0.1) is 0 Å². The molecule has 1 aromatic carbocycles. The first-order valence-electron chi connectivity index (χ1n) is 6.15. The number of rotatable bonds is 1. The van der Waals surface area contributed by atoms with Gasteiger partial charge in [-0.3, -0.25) is 0 Å². The van der Waals surface area contributed by atoms with Gasteiger partial charge in [-0.2, -0.15) is 0 Å². The number of phenols is 2. The monoisotopic (exact) mass is 246 g/mol. The van der Waals surface area contributed by atoms with Crippen LogP contribution in [0.4, 0.5) is 0 Å². The Kier molecular flexibility index (Phi) is 2.51. The summed E-state index contributed by atoms with van der Waals surface area (Å²) < 4.78 is 5.05. The van der Waals surface area contributed by atoms with Gasteiger partial charge in [0.2, 0.25) is 0 Å². The molecule has 4 heteroatoms. The second-order valence-electron chi connectivity index (χ2n) is 4.84. The van der Waals surface area contributed by atoms with E-state index >= 15 is 0 Å². The van der Waals surface area contributed by atoms with Crippen molar-refractivity contribution in [3.63, 3.8) is 0 Å². The maximum Gasteiger partial charge on any atom is 0.336 e. The van der Waals surface area contributed by atoms with Gasteiger partial charge in [0.1, 0.15) is 17.1 Å². The van der Waals surface area contributed by atoms with Crippen molar-refractivity contribution in [1.82, 2.24) is 0 Å². The zero-order valence-electron chi connectivity index (χ0n) is 9.85. The summed E-state index contributed by atoms with van der Waals surface area (Å²) in [4.78, 5) is 11.6. The minimum absolute atomic E-state index is 0.0318. The van der Waals surface area contributed by atoms with E-state index < -0.39 is 5.63 Å². The summed E-state index contributed by atoms with van der Waals surface area (Å²) in [5.41, 5.74) is 0.660. The molecule has 3 rings (SSSR count). The van der Waals surface area contributed by atoms with Crippen molar-refractivity contribution in [2.45, 2.75) is 31.6 Å². The third-order valence-electron chi connectivity index (χ3n) is 3.63. The van der Waals surface area contributed by atoms with Gasteiger partial charge in [0.05, 0.1) is 5.39 Å². The number of hydrogen-bond acceptors (Lipinski definition) is 4. The van der Waals surface area contributed by atoms with Crippen LogP contribution in [0.1, 0.15) is 37.2 Å². The molecule has 1 saturated carbocycles. The van der Waals surface area contributed by atoms with E-state index in [0.29, 0.717) is 11.3 Å². The van der Waals surface area contributed by atoms with Gasteiger partial charge in [-0.1, -0.05) is 12.8 Å². The van der Waals surface area contributed by atoms with E-state index in [4.69, 9.17) is 4.42 Å². The summed E-state index contributed by atoms with van der Waals surface area (Å²) in [5, 5.41) is 20.0. The topological polar surface area (TPSA) is 70.7 Å². The van der Waals surface area contributed by atoms with Crippen LogP contribution in [0.2, 0.25) is 0 Å². The molecule has 0 atom stereocenters. The van der Waals surface area contributed by atoms with Crippen molar-refractivity contribution in [1.29, 1.82) is 0 Å². The molecule has 4 nitrogen and oxygen atoms in total. The largest absolute Gasteiger partial charge is 0.508 e. The Morgan fingerprint density at radius 2 is 1.83 bits per heavy atom. The minimum Gasteiger partial charge on any atom is -0.508 e. The Bertz CT molecular complexity index is 651. The standard InChI is InChI=1S/C14H14O4/c15-9-5-11(16)14-10(8-3-1-2-4-8)7-13(17)18-12(14)6-9/h5-8,15-16H,1-4H2.